The lowest BCUT2D eigenvalue weighted by Gasteiger charge is -2.22. The summed E-state index contributed by atoms with van der Waals surface area (Å²) in [5.74, 6) is 0.875. The fourth-order valence-corrected chi connectivity index (χ4v) is 2.33. The van der Waals surface area contributed by atoms with E-state index in [9.17, 15) is 4.79 Å². The smallest absolute Gasteiger partial charge is 0.237 e. The van der Waals surface area contributed by atoms with E-state index < -0.39 is 0 Å². The number of amides is 1. The van der Waals surface area contributed by atoms with Crippen LogP contribution in [0.5, 0.6) is 5.75 Å². The molecule has 0 spiro atoms. The van der Waals surface area contributed by atoms with Crippen LogP contribution < -0.4 is 15.4 Å². The average Bonchev–Trinajstić information content (AvgIpc) is 2.47. The molecule has 3 atom stereocenters. The second-order valence-electron chi connectivity index (χ2n) is 5.58. The molecule has 4 nitrogen and oxygen atoms in total. The molecule has 0 aliphatic heterocycles. The molecule has 1 aromatic carbocycles. The summed E-state index contributed by atoms with van der Waals surface area (Å²) in [6.45, 7) is 8.10. The van der Waals surface area contributed by atoms with Gasteiger partial charge in [-0.2, -0.15) is 0 Å². The Bertz CT molecular complexity index is 448. The van der Waals surface area contributed by atoms with Gasteiger partial charge >= 0.3 is 0 Å². The van der Waals surface area contributed by atoms with E-state index in [1.54, 1.807) is 7.11 Å². The van der Waals surface area contributed by atoms with Crippen molar-refractivity contribution >= 4 is 5.91 Å². The summed E-state index contributed by atoms with van der Waals surface area (Å²) in [6, 6.07) is 7.97. The summed E-state index contributed by atoms with van der Waals surface area (Å²) < 4.78 is 5.23. The van der Waals surface area contributed by atoms with Crippen LogP contribution in [0.2, 0.25) is 0 Å². The van der Waals surface area contributed by atoms with Crippen LogP contribution in [-0.4, -0.2) is 25.1 Å². The minimum atomic E-state index is -0.231. The van der Waals surface area contributed by atoms with Crippen molar-refractivity contribution in [2.45, 2.75) is 58.7 Å². The van der Waals surface area contributed by atoms with E-state index in [0.717, 1.165) is 24.2 Å². The number of hydrogen-bond acceptors (Lipinski definition) is 3. The lowest BCUT2D eigenvalue weighted by molar-refractivity contribution is -0.123. The van der Waals surface area contributed by atoms with E-state index in [2.05, 4.69) is 17.6 Å². The quantitative estimate of drug-likeness (QED) is 0.774. The number of methoxy groups -OCH3 is 1. The van der Waals surface area contributed by atoms with E-state index in [1.807, 2.05) is 45.0 Å². The van der Waals surface area contributed by atoms with Crippen molar-refractivity contribution in [1.29, 1.82) is 0 Å². The molecular weight excluding hydrogens is 264 g/mol. The molecule has 0 aromatic heterocycles. The average molecular weight is 292 g/mol. The molecule has 0 bridgehead atoms. The number of carbonyl (C=O) groups is 1. The molecular formula is C17H28N2O2. The van der Waals surface area contributed by atoms with Crippen molar-refractivity contribution in [3.63, 3.8) is 0 Å². The zero-order valence-corrected chi connectivity index (χ0v) is 13.8. The summed E-state index contributed by atoms with van der Waals surface area (Å²) in [7, 11) is 1.66. The van der Waals surface area contributed by atoms with Crippen molar-refractivity contribution < 1.29 is 9.53 Å². The van der Waals surface area contributed by atoms with Crippen LogP contribution in [-0.2, 0) is 4.79 Å². The van der Waals surface area contributed by atoms with E-state index in [0.29, 0.717) is 0 Å². The first-order valence-corrected chi connectivity index (χ1v) is 7.68. The molecule has 1 rings (SSSR count). The van der Waals surface area contributed by atoms with Crippen molar-refractivity contribution in [2.24, 2.45) is 0 Å². The molecule has 0 aliphatic rings. The fraction of sp³-hybridized carbons (Fsp3) is 0.588. The lowest BCUT2D eigenvalue weighted by atomic mass is 10.1. The highest BCUT2D eigenvalue weighted by Crippen LogP contribution is 2.19. The van der Waals surface area contributed by atoms with Crippen LogP contribution in [0, 0.1) is 0 Å². The number of hydrogen-bond donors (Lipinski definition) is 2. The van der Waals surface area contributed by atoms with Gasteiger partial charge in [0, 0.05) is 12.1 Å². The van der Waals surface area contributed by atoms with Gasteiger partial charge in [-0.1, -0.05) is 25.5 Å². The maximum atomic E-state index is 12.1. The zero-order valence-electron chi connectivity index (χ0n) is 13.8. The third-order valence-corrected chi connectivity index (χ3v) is 3.60. The first-order chi connectivity index (χ1) is 9.97. The molecule has 0 saturated heterocycles. The van der Waals surface area contributed by atoms with Gasteiger partial charge < -0.3 is 10.1 Å². The van der Waals surface area contributed by atoms with Crippen molar-refractivity contribution in [3.05, 3.63) is 29.8 Å². The molecule has 2 N–H and O–H groups in total. The molecule has 1 aromatic rings. The van der Waals surface area contributed by atoms with Gasteiger partial charge in [0.2, 0.25) is 5.91 Å². The first-order valence-electron chi connectivity index (χ1n) is 7.68. The van der Waals surface area contributed by atoms with Crippen LogP contribution in [0.3, 0.4) is 0 Å². The summed E-state index contributed by atoms with van der Waals surface area (Å²) in [5, 5.41) is 6.36. The van der Waals surface area contributed by atoms with E-state index >= 15 is 0 Å². The lowest BCUT2D eigenvalue weighted by Crippen LogP contribution is -2.46. The second-order valence-corrected chi connectivity index (χ2v) is 5.58. The number of ether oxygens (including phenoxy) is 1. The van der Waals surface area contributed by atoms with Crippen LogP contribution >= 0.6 is 0 Å². The Morgan fingerprint density at radius 1 is 1.29 bits per heavy atom. The highest BCUT2D eigenvalue weighted by Gasteiger charge is 2.17. The number of rotatable bonds is 8. The predicted molar refractivity (Wildman–Crippen MR) is 86.5 cm³/mol. The molecule has 0 aliphatic carbocycles. The molecule has 4 heteroatoms. The minimum absolute atomic E-state index is 0.0469. The van der Waals surface area contributed by atoms with Gasteiger partial charge in [0.1, 0.15) is 5.75 Å². The van der Waals surface area contributed by atoms with Gasteiger partial charge in [0.05, 0.1) is 13.2 Å². The monoisotopic (exact) mass is 292 g/mol. The molecule has 1 amide bonds. The predicted octanol–water partition coefficient (Wildman–Crippen LogP) is 3.04. The van der Waals surface area contributed by atoms with Gasteiger partial charge in [0.25, 0.3) is 0 Å². The molecule has 118 valence electrons. The molecule has 0 saturated carbocycles. The summed E-state index contributed by atoms with van der Waals surface area (Å²) in [4.78, 5) is 12.1. The highest BCUT2D eigenvalue weighted by atomic mass is 16.5. The van der Waals surface area contributed by atoms with E-state index in [-0.39, 0.29) is 24.0 Å². The van der Waals surface area contributed by atoms with Gasteiger partial charge in [-0.25, -0.2) is 0 Å². The summed E-state index contributed by atoms with van der Waals surface area (Å²) in [6.07, 6.45) is 2.08. The number of benzene rings is 1. The van der Waals surface area contributed by atoms with Gasteiger partial charge in [-0.3, -0.25) is 10.1 Å². The molecule has 21 heavy (non-hydrogen) atoms. The standard InChI is InChI=1S/C17H28N2O2/c1-6-8-12(2)18-17(20)14(4)19-13(3)15-9-7-10-16(11-15)21-5/h7,9-14,19H,6,8H2,1-5H3,(H,18,20)/t12?,13-,14?/m1/s1. The van der Waals surface area contributed by atoms with Crippen molar-refractivity contribution in [2.75, 3.05) is 7.11 Å². The first kappa shape index (κ1) is 17.5. The topological polar surface area (TPSA) is 50.4 Å². The Labute approximate surface area is 128 Å². The Kier molecular flexibility index (Phi) is 7.23. The van der Waals surface area contributed by atoms with Crippen molar-refractivity contribution in [1.82, 2.24) is 10.6 Å². The molecule has 2 unspecified atom stereocenters. The maximum absolute atomic E-state index is 12.1. The van der Waals surface area contributed by atoms with Crippen LogP contribution in [0.4, 0.5) is 0 Å². The van der Waals surface area contributed by atoms with Crippen molar-refractivity contribution in [3.8, 4) is 5.75 Å². The Hall–Kier alpha value is -1.55. The van der Waals surface area contributed by atoms with Gasteiger partial charge in [-0.15, -0.1) is 0 Å². The van der Waals surface area contributed by atoms with E-state index in [1.165, 1.54) is 0 Å². The number of carbonyl (C=O) groups excluding carboxylic acids is 1. The Morgan fingerprint density at radius 3 is 2.62 bits per heavy atom. The Morgan fingerprint density at radius 2 is 2.00 bits per heavy atom. The third kappa shape index (κ3) is 5.76. The van der Waals surface area contributed by atoms with Crippen LogP contribution in [0.1, 0.15) is 52.1 Å². The maximum Gasteiger partial charge on any atom is 0.237 e. The summed E-state index contributed by atoms with van der Waals surface area (Å²) in [5.41, 5.74) is 1.11. The minimum Gasteiger partial charge on any atom is -0.497 e. The fourth-order valence-electron chi connectivity index (χ4n) is 2.33. The zero-order chi connectivity index (χ0) is 15.8. The SMILES string of the molecule is CCCC(C)NC(=O)C(C)N[C@H](C)c1cccc(OC)c1. The molecule has 0 radical (unpaired) electrons. The number of nitrogens with one attached hydrogen (secondary N) is 2. The molecule has 0 heterocycles. The largest absolute Gasteiger partial charge is 0.497 e. The normalized spacial score (nSPS) is 15.1. The highest BCUT2D eigenvalue weighted by molar-refractivity contribution is 5.81. The second kappa shape index (κ2) is 8.67. The van der Waals surface area contributed by atoms with Gasteiger partial charge in [0.15, 0.2) is 0 Å². The Balaban J connectivity index is 2.56. The third-order valence-electron chi connectivity index (χ3n) is 3.60. The van der Waals surface area contributed by atoms with E-state index in [4.69, 9.17) is 4.74 Å². The van der Waals surface area contributed by atoms with Crippen LogP contribution in [0.25, 0.3) is 0 Å². The van der Waals surface area contributed by atoms with Crippen LogP contribution in [0.15, 0.2) is 24.3 Å². The summed E-state index contributed by atoms with van der Waals surface area (Å²) >= 11 is 0. The molecule has 0 fully saturated rings. The van der Waals surface area contributed by atoms with Gasteiger partial charge in [-0.05, 0) is 44.9 Å².